The summed E-state index contributed by atoms with van der Waals surface area (Å²) in [7, 11) is 0. The highest BCUT2D eigenvalue weighted by molar-refractivity contribution is 6.25. The van der Waals surface area contributed by atoms with Crippen LogP contribution in [0.2, 0.25) is 0 Å². The van der Waals surface area contributed by atoms with Crippen LogP contribution in [-0.4, -0.2) is 9.55 Å². The van der Waals surface area contributed by atoms with Crippen molar-refractivity contribution in [1.82, 2.24) is 9.55 Å². The van der Waals surface area contributed by atoms with E-state index in [1.165, 1.54) is 32.3 Å². The molecule has 2 heterocycles. The van der Waals surface area contributed by atoms with Gasteiger partial charge in [-0.3, -0.25) is 4.57 Å². The van der Waals surface area contributed by atoms with E-state index in [1.54, 1.807) is 0 Å². The van der Waals surface area contributed by atoms with Crippen molar-refractivity contribution in [3.05, 3.63) is 133 Å². The number of fused-ring (bicyclic) bond motifs is 10. The Morgan fingerprint density at radius 1 is 0.475 bits per heavy atom. The van der Waals surface area contributed by atoms with E-state index < -0.39 is 0 Å². The first-order valence-corrected chi connectivity index (χ1v) is 13.6. The summed E-state index contributed by atoms with van der Waals surface area (Å²) in [6, 6.07) is 47.1. The van der Waals surface area contributed by atoms with Gasteiger partial charge in [-0.2, -0.15) is 0 Å². The van der Waals surface area contributed by atoms with Gasteiger partial charge in [0.1, 0.15) is 17.0 Å². The number of aromatic nitrogens is 2. The molecule has 0 saturated heterocycles. The number of furan rings is 1. The average Bonchev–Trinajstić information content (AvgIpc) is 3.60. The Kier molecular flexibility index (Phi) is 4.33. The maximum atomic E-state index is 6.45. The second-order valence-electron chi connectivity index (χ2n) is 10.4. The van der Waals surface area contributed by atoms with Crippen LogP contribution in [-0.2, 0) is 0 Å². The van der Waals surface area contributed by atoms with E-state index in [0.717, 1.165) is 50.0 Å². The van der Waals surface area contributed by atoms with Crippen LogP contribution in [0.3, 0.4) is 0 Å². The van der Waals surface area contributed by atoms with Crippen molar-refractivity contribution in [2.24, 2.45) is 0 Å². The molecule has 3 nitrogen and oxygen atoms in total. The molecule has 0 aliphatic rings. The van der Waals surface area contributed by atoms with E-state index in [9.17, 15) is 0 Å². The van der Waals surface area contributed by atoms with Crippen LogP contribution in [0, 0.1) is 0 Å². The van der Waals surface area contributed by atoms with Gasteiger partial charge in [0.25, 0.3) is 0 Å². The molecule has 7 aromatic carbocycles. The minimum Gasteiger partial charge on any atom is -0.455 e. The normalized spacial score (nSPS) is 12.0. The van der Waals surface area contributed by atoms with Gasteiger partial charge in [-0.15, -0.1) is 0 Å². The zero-order valence-corrected chi connectivity index (χ0v) is 21.5. The van der Waals surface area contributed by atoms with Crippen LogP contribution in [0.4, 0.5) is 0 Å². The molecule has 0 saturated carbocycles. The molecule has 186 valence electrons. The standard InChI is InChI=1S/C37H22N2O/c1-2-12-26-24(10-1)25-11-3-4-13-27(25)32-22-23(20-21-28(26)32)39-34-18-7-6-17-33(34)38-37(39)31-16-9-15-30-29-14-5-8-19-35(29)40-36(30)31/h1-22H. The maximum Gasteiger partial charge on any atom is 0.149 e. The Morgan fingerprint density at radius 3 is 1.85 bits per heavy atom. The van der Waals surface area contributed by atoms with Crippen LogP contribution >= 0.6 is 0 Å². The summed E-state index contributed by atoms with van der Waals surface area (Å²) in [5, 5.41) is 9.78. The Labute approximate surface area is 229 Å². The Hall–Kier alpha value is -5.41. The summed E-state index contributed by atoms with van der Waals surface area (Å²) in [5.74, 6) is 0.871. The number of rotatable bonds is 2. The molecule has 9 rings (SSSR count). The SMILES string of the molecule is c1ccc2c(c1)nc(-c1cccc3c1oc1ccccc13)n2-c1ccc2c3ccccc3c3ccccc3c2c1. The average molecular weight is 511 g/mol. The lowest BCUT2D eigenvalue weighted by molar-refractivity contribution is 0.669. The van der Waals surface area contributed by atoms with Gasteiger partial charge in [0, 0.05) is 16.5 Å². The lowest BCUT2D eigenvalue weighted by atomic mass is 9.94. The number of benzene rings is 7. The van der Waals surface area contributed by atoms with Crippen molar-refractivity contribution in [2.75, 3.05) is 0 Å². The largest absolute Gasteiger partial charge is 0.455 e. The van der Waals surface area contributed by atoms with Crippen molar-refractivity contribution in [2.45, 2.75) is 0 Å². The summed E-state index contributed by atoms with van der Waals surface area (Å²) >= 11 is 0. The first kappa shape index (κ1) is 21.5. The predicted molar refractivity (Wildman–Crippen MR) is 166 cm³/mol. The molecule has 0 radical (unpaired) electrons. The van der Waals surface area contributed by atoms with E-state index in [2.05, 4.69) is 120 Å². The second kappa shape index (κ2) is 8.05. The lowest BCUT2D eigenvalue weighted by Crippen LogP contribution is -1.98. The summed E-state index contributed by atoms with van der Waals surface area (Å²) in [5.41, 5.74) is 5.82. The lowest BCUT2D eigenvalue weighted by Gasteiger charge is -2.14. The number of nitrogens with zero attached hydrogens (tertiary/aromatic N) is 2. The topological polar surface area (TPSA) is 31.0 Å². The second-order valence-corrected chi connectivity index (χ2v) is 10.4. The molecule has 0 spiro atoms. The van der Waals surface area contributed by atoms with Crippen LogP contribution in [0.15, 0.2) is 138 Å². The summed E-state index contributed by atoms with van der Waals surface area (Å²) in [4.78, 5) is 5.17. The van der Waals surface area contributed by atoms with E-state index in [1.807, 2.05) is 18.2 Å². The van der Waals surface area contributed by atoms with E-state index in [-0.39, 0.29) is 0 Å². The molecule has 0 bridgehead atoms. The predicted octanol–water partition coefficient (Wildman–Crippen LogP) is 10.1. The van der Waals surface area contributed by atoms with Crippen molar-refractivity contribution in [1.29, 1.82) is 0 Å². The summed E-state index contributed by atoms with van der Waals surface area (Å²) in [6.07, 6.45) is 0. The highest BCUT2D eigenvalue weighted by Crippen LogP contribution is 2.40. The molecule has 0 unspecified atom stereocenters. The van der Waals surface area contributed by atoms with E-state index >= 15 is 0 Å². The van der Waals surface area contributed by atoms with Gasteiger partial charge >= 0.3 is 0 Å². The highest BCUT2D eigenvalue weighted by atomic mass is 16.3. The fourth-order valence-electron chi connectivity index (χ4n) is 6.43. The molecule has 0 atom stereocenters. The molecule has 9 aromatic rings. The van der Waals surface area contributed by atoms with Crippen LogP contribution < -0.4 is 0 Å². The molecule has 0 fully saturated rings. The molecule has 3 heteroatoms. The third-order valence-corrected chi connectivity index (χ3v) is 8.19. The molecule has 40 heavy (non-hydrogen) atoms. The number of hydrogen-bond donors (Lipinski definition) is 0. The number of para-hydroxylation sites is 4. The zero-order chi connectivity index (χ0) is 26.2. The third kappa shape index (κ3) is 2.92. The van der Waals surface area contributed by atoms with Gasteiger partial charge in [-0.25, -0.2) is 4.98 Å². The van der Waals surface area contributed by atoms with Gasteiger partial charge in [0.2, 0.25) is 0 Å². The van der Waals surface area contributed by atoms with Crippen LogP contribution in [0.5, 0.6) is 0 Å². The van der Waals surface area contributed by atoms with E-state index in [0.29, 0.717) is 0 Å². The van der Waals surface area contributed by atoms with Crippen LogP contribution in [0.1, 0.15) is 0 Å². The molecular weight excluding hydrogens is 488 g/mol. The number of imidazole rings is 1. The molecule has 0 N–H and O–H groups in total. The Balaban J connectivity index is 1.39. The first-order chi connectivity index (χ1) is 19.8. The zero-order valence-electron chi connectivity index (χ0n) is 21.5. The molecule has 0 aliphatic heterocycles. The van der Waals surface area contributed by atoms with Gasteiger partial charge in [0.15, 0.2) is 0 Å². The van der Waals surface area contributed by atoms with Crippen molar-refractivity contribution < 1.29 is 4.42 Å². The summed E-state index contributed by atoms with van der Waals surface area (Å²) in [6.45, 7) is 0. The fourth-order valence-corrected chi connectivity index (χ4v) is 6.43. The van der Waals surface area contributed by atoms with Gasteiger partial charge < -0.3 is 4.42 Å². The van der Waals surface area contributed by atoms with Gasteiger partial charge in [-0.05, 0) is 68.7 Å². The fraction of sp³-hybridized carbons (Fsp3) is 0. The van der Waals surface area contributed by atoms with E-state index in [4.69, 9.17) is 9.40 Å². The smallest absolute Gasteiger partial charge is 0.149 e. The van der Waals surface area contributed by atoms with Crippen LogP contribution in [0.25, 0.3) is 82.4 Å². The minimum absolute atomic E-state index is 0.859. The van der Waals surface area contributed by atoms with Gasteiger partial charge in [0.05, 0.1) is 16.6 Å². The maximum absolute atomic E-state index is 6.45. The number of hydrogen-bond acceptors (Lipinski definition) is 2. The van der Waals surface area contributed by atoms with Crippen molar-refractivity contribution in [3.63, 3.8) is 0 Å². The third-order valence-electron chi connectivity index (χ3n) is 8.19. The molecular formula is C37H22N2O. The quantitative estimate of drug-likeness (QED) is 0.217. The van der Waals surface area contributed by atoms with Crippen molar-refractivity contribution in [3.8, 4) is 17.1 Å². The van der Waals surface area contributed by atoms with Gasteiger partial charge in [-0.1, -0.05) is 97.1 Å². The molecule has 2 aromatic heterocycles. The minimum atomic E-state index is 0.859. The van der Waals surface area contributed by atoms with Crippen molar-refractivity contribution >= 4 is 65.3 Å². The first-order valence-electron chi connectivity index (χ1n) is 13.6. The monoisotopic (exact) mass is 510 g/mol. The summed E-state index contributed by atoms with van der Waals surface area (Å²) < 4.78 is 8.73. The Bertz CT molecular complexity index is 2410. The Morgan fingerprint density at radius 2 is 1.07 bits per heavy atom. The highest BCUT2D eigenvalue weighted by Gasteiger charge is 2.20. The molecule has 0 amide bonds. The molecule has 0 aliphatic carbocycles.